The summed E-state index contributed by atoms with van der Waals surface area (Å²) in [7, 11) is 4.84. The fourth-order valence-electron chi connectivity index (χ4n) is 3.93. The highest BCUT2D eigenvalue weighted by molar-refractivity contribution is 7.16. The second-order valence-corrected chi connectivity index (χ2v) is 8.93. The monoisotopic (exact) mass is 472 g/mol. The van der Waals surface area contributed by atoms with Gasteiger partial charge in [0.1, 0.15) is 22.2 Å². The number of aryl methyl sites for hydroxylation is 1. The molecule has 4 rings (SSSR count). The van der Waals surface area contributed by atoms with E-state index in [-0.39, 0.29) is 5.91 Å². The van der Waals surface area contributed by atoms with Gasteiger partial charge in [0, 0.05) is 22.0 Å². The number of fused-ring (bicyclic) bond motifs is 1. The van der Waals surface area contributed by atoms with Crippen LogP contribution in [0.4, 0.5) is 10.7 Å². The van der Waals surface area contributed by atoms with Crippen molar-refractivity contribution in [3.05, 3.63) is 63.0 Å². The van der Waals surface area contributed by atoms with Crippen molar-refractivity contribution >= 4 is 39.5 Å². The van der Waals surface area contributed by atoms with E-state index in [0.29, 0.717) is 28.6 Å². The van der Waals surface area contributed by atoms with Crippen molar-refractivity contribution < 1.29 is 19.0 Å². The van der Waals surface area contributed by atoms with Crippen LogP contribution in [0.5, 0.6) is 17.2 Å². The Morgan fingerprint density at radius 2 is 1.81 bits per heavy atom. The maximum atomic E-state index is 13.4. The molecule has 0 aliphatic heterocycles. The zero-order valence-electron chi connectivity index (χ0n) is 18.2. The van der Waals surface area contributed by atoms with Crippen molar-refractivity contribution in [2.45, 2.75) is 25.8 Å². The minimum absolute atomic E-state index is 0.176. The molecule has 0 saturated heterocycles. The molecule has 0 fully saturated rings. The van der Waals surface area contributed by atoms with Gasteiger partial charge in [-0.1, -0.05) is 11.6 Å². The average molecular weight is 473 g/mol. The Labute approximate surface area is 196 Å². The zero-order valence-corrected chi connectivity index (χ0v) is 19.8. The summed E-state index contributed by atoms with van der Waals surface area (Å²) >= 11 is 7.78. The normalized spacial score (nSPS) is 12.2. The van der Waals surface area contributed by atoms with Gasteiger partial charge in [-0.05, 0) is 61.2 Å². The number of benzene rings is 2. The Morgan fingerprint density at radius 3 is 2.56 bits per heavy atom. The predicted molar refractivity (Wildman–Crippen MR) is 129 cm³/mol. The lowest BCUT2D eigenvalue weighted by molar-refractivity contribution is 0.102. The second-order valence-electron chi connectivity index (χ2n) is 7.39. The molecule has 1 aromatic heterocycles. The molecule has 0 spiro atoms. The van der Waals surface area contributed by atoms with E-state index in [9.17, 15) is 4.79 Å². The van der Waals surface area contributed by atoms with Gasteiger partial charge in [0.05, 0.1) is 32.6 Å². The van der Waals surface area contributed by atoms with Crippen LogP contribution in [0.3, 0.4) is 0 Å². The number of carbonyl (C=O) groups is 1. The summed E-state index contributed by atoms with van der Waals surface area (Å²) < 4.78 is 16.2. The predicted octanol–water partition coefficient (Wildman–Crippen LogP) is 5.78. The molecule has 0 radical (unpaired) electrons. The largest absolute Gasteiger partial charge is 0.497 e. The highest BCUT2D eigenvalue weighted by Gasteiger charge is 2.27. The molecule has 0 bridgehead atoms. The molecule has 0 saturated carbocycles. The van der Waals surface area contributed by atoms with Gasteiger partial charge in [0.2, 0.25) is 0 Å². The van der Waals surface area contributed by atoms with E-state index in [1.165, 1.54) is 4.88 Å². The number of methoxy groups -OCH3 is 3. The van der Waals surface area contributed by atoms with Gasteiger partial charge in [-0.3, -0.25) is 4.79 Å². The molecular weight excluding hydrogens is 448 g/mol. The Bertz CT molecular complexity index is 1150. The van der Waals surface area contributed by atoms with E-state index in [0.717, 1.165) is 46.9 Å². The summed E-state index contributed by atoms with van der Waals surface area (Å²) in [5.41, 5.74) is 3.30. The van der Waals surface area contributed by atoms with Gasteiger partial charge < -0.3 is 24.8 Å². The summed E-state index contributed by atoms with van der Waals surface area (Å²) in [5.74, 6) is 1.90. The summed E-state index contributed by atoms with van der Waals surface area (Å²) in [6.45, 7) is 0.501. The molecular formula is C24H25ClN2O4S. The van der Waals surface area contributed by atoms with Gasteiger partial charge in [-0.25, -0.2) is 0 Å². The van der Waals surface area contributed by atoms with Crippen molar-refractivity contribution in [1.82, 2.24) is 0 Å². The van der Waals surface area contributed by atoms with Crippen molar-refractivity contribution in [3.8, 4) is 17.2 Å². The van der Waals surface area contributed by atoms with Crippen LogP contribution < -0.4 is 24.8 Å². The zero-order chi connectivity index (χ0) is 22.7. The molecule has 32 heavy (non-hydrogen) atoms. The standard InChI is InChI=1S/C24H25ClN2O4S/c1-29-16-8-10-19(30-2)14(11-16)13-26-24-22(17-5-4-6-21(17)32-24)23(28)27-18-12-15(25)7-9-20(18)31-3/h7-12,26H,4-6,13H2,1-3H3,(H,27,28). The first-order chi connectivity index (χ1) is 15.5. The molecule has 0 unspecified atom stereocenters. The highest BCUT2D eigenvalue weighted by atomic mass is 35.5. The molecule has 168 valence electrons. The minimum atomic E-state index is -0.176. The molecule has 1 amide bonds. The number of amides is 1. The Kier molecular flexibility index (Phi) is 6.77. The van der Waals surface area contributed by atoms with Crippen molar-refractivity contribution in [2.24, 2.45) is 0 Å². The van der Waals surface area contributed by atoms with Crippen LogP contribution in [0.15, 0.2) is 36.4 Å². The van der Waals surface area contributed by atoms with Crippen LogP contribution in [-0.4, -0.2) is 27.2 Å². The molecule has 3 aromatic rings. The number of hydrogen-bond donors (Lipinski definition) is 2. The van der Waals surface area contributed by atoms with Crippen LogP contribution in [0.2, 0.25) is 5.02 Å². The van der Waals surface area contributed by atoms with Gasteiger partial charge in [0.15, 0.2) is 0 Å². The quantitative estimate of drug-likeness (QED) is 0.435. The Hall–Kier alpha value is -2.90. The third-order valence-corrected chi connectivity index (χ3v) is 6.97. The van der Waals surface area contributed by atoms with Gasteiger partial charge in [0.25, 0.3) is 5.91 Å². The molecule has 1 aliphatic rings. The minimum Gasteiger partial charge on any atom is -0.497 e. The molecule has 0 atom stereocenters. The number of thiophene rings is 1. The molecule has 2 aromatic carbocycles. The molecule has 2 N–H and O–H groups in total. The lowest BCUT2D eigenvalue weighted by atomic mass is 10.1. The molecule has 8 heteroatoms. The molecule has 1 heterocycles. The summed E-state index contributed by atoms with van der Waals surface area (Å²) in [6, 6.07) is 10.8. The number of rotatable bonds is 8. The van der Waals surface area contributed by atoms with Crippen molar-refractivity contribution in [2.75, 3.05) is 32.0 Å². The van der Waals surface area contributed by atoms with E-state index < -0.39 is 0 Å². The SMILES string of the molecule is COc1ccc(OC)c(CNc2sc3c(c2C(=O)Nc2cc(Cl)ccc2OC)CCC3)c1. The van der Waals surface area contributed by atoms with Crippen LogP contribution in [0, 0.1) is 0 Å². The van der Waals surface area contributed by atoms with E-state index in [4.69, 9.17) is 25.8 Å². The van der Waals surface area contributed by atoms with Crippen LogP contribution in [0.25, 0.3) is 0 Å². The summed E-state index contributed by atoms with van der Waals surface area (Å²) in [5, 5.41) is 7.82. The number of hydrogen-bond acceptors (Lipinski definition) is 6. The van der Waals surface area contributed by atoms with E-state index in [1.807, 2.05) is 18.2 Å². The van der Waals surface area contributed by atoms with Crippen LogP contribution >= 0.6 is 22.9 Å². The van der Waals surface area contributed by atoms with Gasteiger partial charge >= 0.3 is 0 Å². The maximum absolute atomic E-state index is 13.4. The van der Waals surface area contributed by atoms with Crippen molar-refractivity contribution in [3.63, 3.8) is 0 Å². The first-order valence-electron chi connectivity index (χ1n) is 10.3. The number of nitrogens with one attached hydrogen (secondary N) is 2. The van der Waals surface area contributed by atoms with E-state index in [1.54, 1.807) is 50.9 Å². The fraction of sp³-hybridized carbons (Fsp3) is 0.292. The number of ether oxygens (including phenoxy) is 3. The van der Waals surface area contributed by atoms with Crippen molar-refractivity contribution in [1.29, 1.82) is 0 Å². The van der Waals surface area contributed by atoms with Gasteiger partial charge in [-0.15, -0.1) is 11.3 Å². The van der Waals surface area contributed by atoms with Gasteiger partial charge in [-0.2, -0.15) is 0 Å². The number of halogens is 1. The summed E-state index contributed by atoms with van der Waals surface area (Å²) in [6.07, 6.45) is 2.95. The molecule has 6 nitrogen and oxygen atoms in total. The van der Waals surface area contributed by atoms with Crippen LogP contribution in [0.1, 0.15) is 32.8 Å². The van der Waals surface area contributed by atoms with E-state index >= 15 is 0 Å². The topological polar surface area (TPSA) is 68.8 Å². The average Bonchev–Trinajstić information content (AvgIpc) is 3.38. The Morgan fingerprint density at radius 1 is 1.03 bits per heavy atom. The highest BCUT2D eigenvalue weighted by Crippen LogP contribution is 2.40. The second kappa shape index (κ2) is 9.71. The smallest absolute Gasteiger partial charge is 0.259 e. The van der Waals surface area contributed by atoms with E-state index in [2.05, 4.69) is 10.6 Å². The third kappa shape index (κ3) is 4.49. The first kappa shape index (κ1) is 22.3. The lowest BCUT2D eigenvalue weighted by Gasteiger charge is -2.14. The number of anilines is 2. The first-order valence-corrected chi connectivity index (χ1v) is 11.5. The number of carbonyl (C=O) groups excluding carboxylic acids is 1. The third-order valence-electron chi connectivity index (χ3n) is 5.49. The van der Waals surface area contributed by atoms with Crippen LogP contribution in [-0.2, 0) is 19.4 Å². The fourth-order valence-corrected chi connectivity index (χ4v) is 5.38. The summed E-state index contributed by atoms with van der Waals surface area (Å²) in [4.78, 5) is 14.6. The Balaban J connectivity index is 1.62. The lowest BCUT2D eigenvalue weighted by Crippen LogP contribution is -2.16. The molecule has 1 aliphatic carbocycles. The maximum Gasteiger partial charge on any atom is 0.259 e.